The van der Waals surface area contributed by atoms with Crippen molar-refractivity contribution < 1.29 is 9.53 Å². The van der Waals surface area contributed by atoms with Crippen LogP contribution in [0.5, 0.6) is 0 Å². The average molecular weight is 397 g/mol. The van der Waals surface area contributed by atoms with Gasteiger partial charge in [0.05, 0.1) is 11.5 Å². The lowest BCUT2D eigenvalue weighted by atomic mass is 9.97. The monoisotopic (exact) mass is 396 g/mol. The lowest BCUT2D eigenvalue weighted by molar-refractivity contribution is -0.149. The molecule has 3 aromatic rings. The second-order valence-corrected chi connectivity index (χ2v) is 8.38. The molecule has 0 saturated heterocycles. The summed E-state index contributed by atoms with van der Waals surface area (Å²) in [6.07, 6.45) is 4.73. The second-order valence-electron chi connectivity index (χ2n) is 7.29. The summed E-state index contributed by atoms with van der Waals surface area (Å²) in [6.45, 7) is 3.70. The number of nitrogens with zero attached hydrogens (tertiary/aromatic N) is 2. The molecule has 0 bridgehead atoms. The average Bonchev–Trinajstić information content (AvgIpc) is 3.09. The summed E-state index contributed by atoms with van der Waals surface area (Å²) < 4.78 is 6.92. The summed E-state index contributed by atoms with van der Waals surface area (Å²) in [5.74, 6) is 0.122. The van der Waals surface area contributed by atoms with E-state index in [1.165, 1.54) is 9.44 Å². The third kappa shape index (κ3) is 3.49. The van der Waals surface area contributed by atoms with Crippen molar-refractivity contribution in [1.29, 1.82) is 0 Å². The summed E-state index contributed by atoms with van der Waals surface area (Å²) in [4.78, 5) is 32.8. The Morgan fingerprint density at radius 1 is 1.25 bits per heavy atom. The van der Waals surface area contributed by atoms with Gasteiger partial charge in [-0.05, 0) is 44.6 Å². The van der Waals surface area contributed by atoms with E-state index in [4.69, 9.17) is 9.72 Å². The highest BCUT2D eigenvalue weighted by Crippen LogP contribution is 2.34. The van der Waals surface area contributed by atoms with Gasteiger partial charge in [-0.1, -0.05) is 37.3 Å². The summed E-state index contributed by atoms with van der Waals surface area (Å²) in [5, 5.41) is 0.690. The Hall–Kier alpha value is -2.47. The van der Waals surface area contributed by atoms with Crippen LogP contribution < -0.4 is 5.56 Å². The number of hydrogen-bond acceptors (Lipinski definition) is 5. The molecule has 0 radical (unpaired) electrons. The van der Waals surface area contributed by atoms with Gasteiger partial charge in [0.25, 0.3) is 5.56 Å². The fourth-order valence-corrected chi connectivity index (χ4v) is 4.92. The quantitative estimate of drug-likeness (QED) is 0.602. The van der Waals surface area contributed by atoms with Gasteiger partial charge in [0.2, 0.25) is 0 Å². The molecular weight excluding hydrogens is 372 g/mol. The van der Waals surface area contributed by atoms with Crippen LogP contribution in [0.1, 0.15) is 43.6 Å². The summed E-state index contributed by atoms with van der Waals surface area (Å²) in [7, 11) is 0. The Morgan fingerprint density at radius 3 is 2.75 bits per heavy atom. The number of thiophene rings is 1. The van der Waals surface area contributed by atoms with Crippen molar-refractivity contribution in [2.45, 2.75) is 58.6 Å². The number of aromatic nitrogens is 2. The van der Waals surface area contributed by atoms with Crippen molar-refractivity contribution in [3.8, 4) is 11.4 Å². The molecule has 5 nitrogen and oxygen atoms in total. The molecule has 0 fully saturated rings. The maximum absolute atomic E-state index is 13.5. The molecule has 2 heterocycles. The third-order valence-corrected chi connectivity index (χ3v) is 6.49. The number of ether oxygens (including phenoxy) is 1. The van der Waals surface area contributed by atoms with Gasteiger partial charge in [-0.2, -0.15) is 0 Å². The smallest absolute Gasteiger partial charge is 0.326 e. The van der Waals surface area contributed by atoms with Crippen LogP contribution in [0.4, 0.5) is 0 Å². The number of fused-ring (bicyclic) bond motifs is 3. The minimum atomic E-state index is -0.404. The Kier molecular flexibility index (Phi) is 5.31. The Bertz CT molecular complexity index is 1070. The number of carbonyl (C=O) groups is 1. The zero-order chi connectivity index (χ0) is 19.7. The molecule has 0 N–H and O–H groups in total. The van der Waals surface area contributed by atoms with Gasteiger partial charge in [0, 0.05) is 10.4 Å². The predicted molar refractivity (Wildman–Crippen MR) is 112 cm³/mol. The van der Waals surface area contributed by atoms with E-state index in [-0.39, 0.29) is 18.2 Å². The van der Waals surface area contributed by atoms with E-state index >= 15 is 0 Å². The lowest BCUT2D eigenvalue weighted by Gasteiger charge is -2.15. The molecule has 0 spiro atoms. The summed E-state index contributed by atoms with van der Waals surface area (Å²) >= 11 is 1.62. The number of esters is 1. The van der Waals surface area contributed by atoms with E-state index in [1.54, 1.807) is 11.3 Å². The fourth-order valence-electron chi connectivity index (χ4n) is 3.67. The van der Waals surface area contributed by atoms with Gasteiger partial charge in [-0.3, -0.25) is 14.2 Å². The van der Waals surface area contributed by atoms with E-state index < -0.39 is 5.97 Å². The van der Waals surface area contributed by atoms with E-state index in [9.17, 15) is 9.59 Å². The molecule has 1 unspecified atom stereocenters. The molecular formula is C22H24N2O3S. The SMILES string of the molecule is CCC(C)OC(=O)Cn1c(-c2ccccc2)nc2sc3c(c2c1=O)CCCC3. The maximum Gasteiger partial charge on any atom is 0.326 e. The first kappa shape index (κ1) is 18.9. The Balaban J connectivity index is 1.88. The molecule has 1 aromatic carbocycles. The Labute approximate surface area is 168 Å². The zero-order valence-corrected chi connectivity index (χ0v) is 17.1. The highest BCUT2D eigenvalue weighted by molar-refractivity contribution is 7.18. The molecule has 1 aliphatic rings. The first-order valence-electron chi connectivity index (χ1n) is 9.88. The molecule has 6 heteroatoms. The van der Waals surface area contributed by atoms with Crippen LogP contribution in [0.3, 0.4) is 0 Å². The van der Waals surface area contributed by atoms with Crippen molar-refractivity contribution in [2.75, 3.05) is 0 Å². The van der Waals surface area contributed by atoms with Crippen molar-refractivity contribution in [2.24, 2.45) is 0 Å². The number of hydrogen-bond donors (Lipinski definition) is 0. The molecule has 0 aliphatic heterocycles. The van der Waals surface area contributed by atoms with Gasteiger partial charge < -0.3 is 4.74 Å². The molecule has 146 valence electrons. The van der Waals surface area contributed by atoms with Gasteiger partial charge in [0.1, 0.15) is 17.2 Å². The van der Waals surface area contributed by atoms with E-state index in [0.717, 1.165) is 48.1 Å². The number of benzene rings is 1. The molecule has 1 atom stereocenters. The second kappa shape index (κ2) is 7.87. The minimum Gasteiger partial charge on any atom is -0.461 e. The highest BCUT2D eigenvalue weighted by atomic mass is 32.1. The van der Waals surface area contributed by atoms with Crippen molar-refractivity contribution in [3.05, 3.63) is 51.1 Å². The predicted octanol–water partition coefficient (Wildman–Crippen LogP) is 4.35. The first-order chi connectivity index (χ1) is 13.6. The molecule has 4 rings (SSSR count). The van der Waals surface area contributed by atoms with Gasteiger partial charge in [0.15, 0.2) is 0 Å². The van der Waals surface area contributed by atoms with Crippen LogP contribution in [0, 0.1) is 0 Å². The van der Waals surface area contributed by atoms with Crippen LogP contribution in [0.15, 0.2) is 35.1 Å². The number of aryl methyl sites for hydroxylation is 2. The van der Waals surface area contributed by atoms with Crippen molar-refractivity contribution >= 4 is 27.5 Å². The first-order valence-corrected chi connectivity index (χ1v) is 10.7. The van der Waals surface area contributed by atoms with Crippen LogP contribution in [0.2, 0.25) is 0 Å². The van der Waals surface area contributed by atoms with Crippen molar-refractivity contribution in [1.82, 2.24) is 9.55 Å². The fraction of sp³-hybridized carbons (Fsp3) is 0.409. The minimum absolute atomic E-state index is 0.124. The van der Waals surface area contributed by atoms with Crippen LogP contribution in [-0.4, -0.2) is 21.6 Å². The number of carbonyl (C=O) groups excluding carboxylic acids is 1. The van der Waals surface area contributed by atoms with Crippen LogP contribution in [0.25, 0.3) is 21.6 Å². The van der Waals surface area contributed by atoms with E-state index in [0.29, 0.717) is 11.2 Å². The largest absolute Gasteiger partial charge is 0.461 e. The normalized spacial score (nSPS) is 14.6. The molecule has 28 heavy (non-hydrogen) atoms. The van der Waals surface area contributed by atoms with Gasteiger partial charge >= 0.3 is 5.97 Å². The van der Waals surface area contributed by atoms with Crippen LogP contribution >= 0.6 is 11.3 Å². The van der Waals surface area contributed by atoms with E-state index in [1.807, 2.05) is 44.2 Å². The molecule has 2 aromatic heterocycles. The van der Waals surface area contributed by atoms with Gasteiger partial charge in [-0.15, -0.1) is 11.3 Å². The maximum atomic E-state index is 13.5. The van der Waals surface area contributed by atoms with E-state index in [2.05, 4.69) is 0 Å². The van der Waals surface area contributed by atoms with Gasteiger partial charge in [-0.25, -0.2) is 4.98 Å². The zero-order valence-electron chi connectivity index (χ0n) is 16.2. The molecule has 0 amide bonds. The van der Waals surface area contributed by atoms with Crippen LogP contribution in [-0.2, 0) is 28.9 Å². The van der Waals surface area contributed by atoms with Crippen molar-refractivity contribution in [3.63, 3.8) is 0 Å². The third-order valence-electron chi connectivity index (χ3n) is 5.30. The lowest BCUT2D eigenvalue weighted by Crippen LogP contribution is -2.29. The summed E-state index contributed by atoms with van der Waals surface area (Å²) in [5.41, 5.74) is 1.82. The molecule has 0 saturated carbocycles. The standard InChI is InChI=1S/C22H24N2O3S/c1-3-14(2)27-18(25)13-24-20(15-9-5-4-6-10-15)23-21-19(22(24)26)16-11-7-8-12-17(16)28-21/h4-6,9-10,14H,3,7-8,11-13H2,1-2H3. The summed E-state index contributed by atoms with van der Waals surface area (Å²) in [6, 6.07) is 9.57. The number of rotatable bonds is 5. The highest BCUT2D eigenvalue weighted by Gasteiger charge is 2.24. The topological polar surface area (TPSA) is 61.2 Å². The Morgan fingerprint density at radius 2 is 2.00 bits per heavy atom. The molecule has 1 aliphatic carbocycles.